The number of carbonyl (C=O) groups is 1. The van der Waals surface area contributed by atoms with E-state index in [1.165, 1.54) is 6.07 Å². The molecule has 2 aromatic rings. The molecule has 5 heteroatoms. The smallest absolute Gasteiger partial charge is 0.238 e. The molecule has 3 nitrogen and oxygen atoms in total. The lowest BCUT2D eigenvalue weighted by atomic mass is 10.2. The third-order valence-corrected chi connectivity index (χ3v) is 3.19. The van der Waals surface area contributed by atoms with E-state index in [0.717, 1.165) is 0 Å². The summed E-state index contributed by atoms with van der Waals surface area (Å²) in [6.07, 6.45) is 0. The van der Waals surface area contributed by atoms with Gasteiger partial charge in [-0.3, -0.25) is 9.69 Å². The second-order valence-corrected chi connectivity index (χ2v) is 5.26. The van der Waals surface area contributed by atoms with Crippen molar-refractivity contribution in [2.45, 2.75) is 6.54 Å². The lowest BCUT2D eigenvalue weighted by Crippen LogP contribution is -2.30. The third kappa shape index (κ3) is 4.85. The van der Waals surface area contributed by atoms with Crippen LogP contribution in [-0.2, 0) is 11.3 Å². The van der Waals surface area contributed by atoms with Crippen molar-refractivity contribution in [3.63, 3.8) is 0 Å². The zero-order valence-electron chi connectivity index (χ0n) is 11.6. The molecule has 0 aromatic heterocycles. The molecule has 0 fully saturated rings. The largest absolute Gasteiger partial charge is 0.325 e. The third-order valence-electron chi connectivity index (χ3n) is 2.94. The highest BCUT2D eigenvalue weighted by Crippen LogP contribution is 2.13. The van der Waals surface area contributed by atoms with Crippen molar-refractivity contribution in [3.8, 4) is 0 Å². The van der Waals surface area contributed by atoms with Gasteiger partial charge in [-0.25, -0.2) is 4.39 Å². The number of anilines is 1. The summed E-state index contributed by atoms with van der Waals surface area (Å²) in [4.78, 5) is 13.7. The first kappa shape index (κ1) is 15.5. The van der Waals surface area contributed by atoms with Gasteiger partial charge >= 0.3 is 0 Å². The summed E-state index contributed by atoms with van der Waals surface area (Å²) in [6, 6.07) is 13.4. The van der Waals surface area contributed by atoms with Gasteiger partial charge in [-0.05, 0) is 37.4 Å². The van der Waals surface area contributed by atoms with E-state index in [1.807, 2.05) is 0 Å². The minimum absolute atomic E-state index is 0.156. The molecule has 110 valence electrons. The first-order chi connectivity index (χ1) is 10.0. The molecule has 0 aliphatic heterocycles. The Hall–Kier alpha value is -1.91. The zero-order valence-corrected chi connectivity index (χ0v) is 12.4. The number of rotatable bonds is 5. The maximum absolute atomic E-state index is 13.5. The summed E-state index contributed by atoms with van der Waals surface area (Å²) in [7, 11) is 1.77. The molecule has 0 unspecified atom stereocenters. The predicted octanol–water partition coefficient (Wildman–Crippen LogP) is 3.55. The van der Waals surface area contributed by atoms with E-state index in [0.29, 0.717) is 22.8 Å². The van der Waals surface area contributed by atoms with Gasteiger partial charge < -0.3 is 5.32 Å². The van der Waals surface area contributed by atoms with E-state index in [4.69, 9.17) is 11.6 Å². The van der Waals surface area contributed by atoms with Crippen LogP contribution in [0, 0.1) is 5.82 Å². The van der Waals surface area contributed by atoms with Crippen molar-refractivity contribution in [2.75, 3.05) is 18.9 Å². The molecule has 0 bridgehead atoms. The van der Waals surface area contributed by atoms with Gasteiger partial charge in [0.15, 0.2) is 0 Å². The molecule has 21 heavy (non-hydrogen) atoms. The number of nitrogens with one attached hydrogen (secondary N) is 1. The highest BCUT2D eigenvalue weighted by molar-refractivity contribution is 6.30. The minimum Gasteiger partial charge on any atom is -0.325 e. The maximum Gasteiger partial charge on any atom is 0.238 e. The maximum atomic E-state index is 13.5. The van der Waals surface area contributed by atoms with Gasteiger partial charge in [0.05, 0.1) is 6.54 Å². The Balaban J connectivity index is 1.87. The van der Waals surface area contributed by atoms with Gasteiger partial charge in [-0.15, -0.1) is 0 Å². The normalized spacial score (nSPS) is 10.7. The Labute approximate surface area is 128 Å². The molecule has 0 spiro atoms. The lowest BCUT2D eigenvalue weighted by Gasteiger charge is -2.16. The van der Waals surface area contributed by atoms with Crippen molar-refractivity contribution in [1.29, 1.82) is 0 Å². The van der Waals surface area contributed by atoms with Crippen molar-refractivity contribution >= 4 is 23.2 Å². The fourth-order valence-corrected chi connectivity index (χ4v) is 2.08. The number of nitrogens with zero attached hydrogens (tertiary/aromatic N) is 1. The van der Waals surface area contributed by atoms with Gasteiger partial charge in [0.1, 0.15) is 5.82 Å². The van der Waals surface area contributed by atoms with E-state index in [2.05, 4.69) is 5.32 Å². The van der Waals surface area contributed by atoms with E-state index < -0.39 is 0 Å². The highest BCUT2D eigenvalue weighted by Gasteiger charge is 2.09. The number of hydrogen-bond acceptors (Lipinski definition) is 2. The molecule has 1 N–H and O–H groups in total. The Morgan fingerprint density at radius 3 is 2.52 bits per heavy atom. The van der Waals surface area contributed by atoms with Gasteiger partial charge in [0.2, 0.25) is 5.91 Å². The SMILES string of the molecule is CN(CC(=O)Nc1ccc(Cl)cc1)Cc1ccccc1F. The zero-order chi connectivity index (χ0) is 15.2. The van der Waals surface area contributed by atoms with E-state index in [9.17, 15) is 9.18 Å². The number of benzene rings is 2. The van der Waals surface area contributed by atoms with Crippen LogP contribution in [0.3, 0.4) is 0 Å². The molecule has 0 saturated heterocycles. The minimum atomic E-state index is -0.262. The molecule has 0 aliphatic carbocycles. The monoisotopic (exact) mass is 306 g/mol. The van der Waals surface area contributed by atoms with Crippen LogP contribution in [-0.4, -0.2) is 24.4 Å². The number of amides is 1. The van der Waals surface area contributed by atoms with Crippen LogP contribution < -0.4 is 5.32 Å². The van der Waals surface area contributed by atoms with Crippen LogP contribution in [0.2, 0.25) is 5.02 Å². The first-order valence-electron chi connectivity index (χ1n) is 6.52. The van der Waals surface area contributed by atoms with Crippen molar-refractivity contribution < 1.29 is 9.18 Å². The van der Waals surface area contributed by atoms with Gasteiger partial charge in [-0.1, -0.05) is 29.8 Å². The van der Waals surface area contributed by atoms with Gasteiger partial charge in [0, 0.05) is 22.8 Å². The fourth-order valence-electron chi connectivity index (χ4n) is 1.95. The molecule has 2 aromatic carbocycles. The fraction of sp³-hybridized carbons (Fsp3) is 0.188. The Bertz CT molecular complexity index is 616. The summed E-state index contributed by atoms with van der Waals surface area (Å²) >= 11 is 5.78. The standard InChI is InChI=1S/C16H16ClFN2O/c1-20(10-12-4-2-3-5-15(12)18)11-16(21)19-14-8-6-13(17)7-9-14/h2-9H,10-11H2,1H3,(H,19,21). The summed E-state index contributed by atoms with van der Waals surface area (Å²) < 4.78 is 13.5. The second kappa shape index (κ2) is 7.20. The van der Waals surface area contributed by atoms with Gasteiger partial charge in [0.25, 0.3) is 0 Å². The first-order valence-corrected chi connectivity index (χ1v) is 6.90. The number of carbonyl (C=O) groups excluding carboxylic acids is 1. The summed E-state index contributed by atoms with van der Waals surface area (Å²) in [5, 5.41) is 3.38. The number of halogens is 2. The molecule has 0 aliphatic rings. The molecule has 0 heterocycles. The van der Waals surface area contributed by atoms with Crippen LogP contribution in [0.15, 0.2) is 48.5 Å². The average Bonchev–Trinajstić information content (AvgIpc) is 2.44. The van der Waals surface area contributed by atoms with Crippen LogP contribution >= 0.6 is 11.6 Å². The molecule has 0 atom stereocenters. The van der Waals surface area contributed by atoms with Crippen LogP contribution in [0.1, 0.15) is 5.56 Å². The number of likely N-dealkylation sites (N-methyl/N-ethyl adjacent to an activating group) is 1. The van der Waals surface area contributed by atoms with Crippen molar-refractivity contribution in [2.24, 2.45) is 0 Å². The van der Waals surface area contributed by atoms with Gasteiger partial charge in [-0.2, -0.15) is 0 Å². The van der Waals surface area contributed by atoms with E-state index in [1.54, 1.807) is 54.4 Å². The molecule has 0 saturated carbocycles. The molecule has 0 radical (unpaired) electrons. The Morgan fingerprint density at radius 2 is 1.86 bits per heavy atom. The summed E-state index contributed by atoms with van der Waals surface area (Å²) in [5.41, 5.74) is 1.25. The van der Waals surface area contributed by atoms with Crippen LogP contribution in [0.25, 0.3) is 0 Å². The quantitative estimate of drug-likeness (QED) is 0.916. The molecule has 2 rings (SSSR count). The number of hydrogen-bond donors (Lipinski definition) is 1. The molecular formula is C16H16ClFN2O. The summed E-state index contributed by atoms with van der Waals surface area (Å²) in [5.74, 6) is -0.418. The van der Waals surface area contributed by atoms with E-state index in [-0.39, 0.29) is 18.3 Å². The topological polar surface area (TPSA) is 32.3 Å². The highest BCUT2D eigenvalue weighted by atomic mass is 35.5. The predicted molar refractivity (Wildman–Crippen MR) is 82.8 cm³/mol. The van der Waals surface area contributed by atoms with Crippen LogP contribution in [0.4, 0.5) is 10.1 Å². The lowest BCUT2D eigenvalue weighted by molar-refractivity contribution is -0.117. The second-order valence-electron chi connectivity index (χ2n) is 4.82. The van der Waals surface area contributed by atoms with Crippen molar-refractivity contribution in [3.05, 3.63) is 64.9 Å². The Morgan fingerprint density at radius 1 is 1.19 bits per heavy atom. The average molecular weight is 307 g/mol. The van der Waals surface area contributed by atoms with Crippen LogP contribution in [0.5, 0.6) is 0 Å². The molecule has 1 amide bonds. The Kier molecular flexibility index (Phi) is 5.31. The summed E-state index contributed by atoms with van der Waals surface area (Å²) in [6.45, 7) is 0.553. The molecular weight excluding hydrogens is 291 g/mol. The van der Waals surface area contributed by atoms with E-state index >= 15 is 0 Å². The van der Waals surface area contributed by atoms with Crippen molar-refractivity contribution in [1.82, 2.24) is 4.90 Å².